The van der Waals surface area contributed by atoms with Crippen LogP contribution in [-0.2, 0) is 10.2 Å². The predicted molar refractivity (Wildman–Crippen MR) is 65.5 cm³/mol. The van der Waals surface area contributed by atoms with Gasteiger partial charge in [0.1, 0.15) is 0 Å². The van der Waals surface area contributed by atoms with E-state index in [9.17, 15) is 4.79 Å². The fraction of sp³-hybridized carbons (Fsp3) is 0.462. The van der Waals surface area contributed by atoms with E-state index in [-0.39, 0.29) is 18.6 Å². The van der Waals surface area contributed by atoms with Gasteiger partial charge in [-0.25, -0.2) is 0 Å². The first-order chi connectivity index (χ1) is 8.53. The minimum atomic E-state index is -0.791. The Hall–Kier alpha value is -1.42. The molecular weight excluding hydrogens is 256 g/mol. The van der Waals surface area contributed by atoms with Gasteiger partial charge in [0.25, 0.3) is 0 Å². The summed E-state index contributed by atoms with van der Waals surface area (Å²) in [6.07, 6.45) is 1.84. The summed E-state index contributed by atoms with van der Waals surface area (Å²) in [5.41, 5.74) is 1.51. The zero-order valence-electron chi connectivity index (χ0n) is 9.96. The average Bonchev–Trinajstić information content (AvgIpc) is 2.87. The van der Waals surface area contributed by atoms with E-state index in [1.807, 2.05) is 6.92 Å². The van der Waals surface area contributed by atoms with Gasteiger partial charge < -0.3 is 14.6 Å². The van der Waals surface area contributed by atoms with Crippen molar-refractivity contribution >= 4 is 17.6 Å². The molecule has 0 aromatic heterocycles. The Kier molecular flexibility index (Phi) is 2.45. The summed E-state index contributed by atoms with van der Waals surface area (Å²) >= 11 is 6.29. The maximum atomic E-state index is 11.0. The number of fused-ring (bicyclic) bond motifs is 1. The zero-order chi connectivity index (χ0) is 12.9. The highest BCUT2D eigenvalue weighted by Crippen LogP contribution is 2.57. The van der Waals surface area contributed by atoms with E-state index in [2.05, 4.69) is 0 Å². The molecule has 1 aliphatic carbocycles. The number of aliphatic carboxylic acids is 1. The Morgan fingerprint density at radius 2 is 2.22 bits per heavy atom. The van der Waals surface area contributed by atoms with Crippen LogP contribution in [0.3, 0.4) is 0 Å². The zero-order valence-corrected chi connectivity index (χ0v) is 10.7. The SMILES string of the molecule is Cc1c2c(cc(Cl)c1C1(CC(=O)O)CC1)OCO2. The second-order valence-electron chi connectivity index (χ2n) is 4.94. The van der Waals surface area contributed by atoms with Crippen LogP contribution in [0.15, 0.2) is 6.07 Å². The van der Waals surface area contributed by atoms with E-state index in [1.165, 1.54) is 0 Å². The monoisotopic (exact) mass is 268 g/mol. The molecule has 0 spiro atoms. The largest absolute Gasteiger partial charge is 0.481 e. The Bertz CT molecular complexity index is 534. The molecule has 1 heterocycles. The van der Waals surface area contributed by atoms with E-state index in [4.69, 9.17) is 26.2 Å². The molecule has 18 heavy (non-hydrogen) atoms. The van der Waals surface area contributed by atoms with Gasteiger partial charge in [0.2, 0.25) is 6.79 Å². The van der Waals surface area contributed by atoms with Crippen molar-refractivity contribution in [2.75, 3.05) is 6.79 Å². The molecule has 2 aliphatic rings. The molecular formula is C13H13ClO4. The first-order valence-electron chi connectivity index (χ1n) is 5.84. The van der Waals surface area contributed by atoms with Crippen LogP contribution in [0.4, 0.5) is 0 Å². The third kappa shape index (κ3) is 1.63. The Labute approximate surface area is 109 Å². The first kappa shape index (κ1) is 11.7. The van der Waals surface area contributed by atoms with Crippen molar-refractivity contribution < 1.29 is 19.4 Å². The quantitative estimate of drug-likeness (QED) is 0.916. The summed E-state index contributed by atoms with van der Waals surface area (Å²) in [6, 6.07) is 1.73. The van der Waals surface area contributed by atoms with Crippen LogP contribution in [0.2, 0.25) is 5.02 Å². The normalized spacial score (nSPS) is 18.8. The molecule has 1 aliphatic heterocycles. The number of halogens is 1. The second kappa shape index (κ2) is 3.79. The summed E-state index contributed by atoms with van der Waals surface area (Å²) < 4.78 is 10.7. The highest BCUT2D eigenvalue weighted by Gasteiger charge is 2.49. The molecule has 1 aromatic rings. The van der Waals surface area contributed by atoms with Crippen molar-refractivity contribution in [2.24, 2.45) is 0 Å². The standard InChI is InChI=1S/C13H13ClO4/c1-7-11(13(2-3-13)5-10(15)16)8(14)4-9-12(7)18-6-17-9/h4H,2-3,5-6H2,1H3,(H,15,16). The molecule has 96 valence electrons. The molecule has 0 saturated heterocycles. The fourth-order valence-corrected chi connectivity index (χ4v) is 3.22. The van der Waals surface area contributed by atoms with Gasteiger partial charge in [0, 0.05) is 22.1 Å². The minimum absolute atomic E-state index is 0.118. The number of rotatable bonds is 3. The molecule has 0 unspecified atom stereocenters. The predicted octanol–water partition coefficient (Wildman–Crippen LogP) is 2.88. The fourth-order valence-electron chi connectivity index (χ4n) is 2.78. The lowest BCUT2D eigenvalue weighted by Gasteiger charge is -2.19. The van der Waals surface area contributed by atoms with Crippen molar-refractivity contribution in [3.05, 3.63) is 22.2 Å². The van der Waals surface area contributed by atoms with Crippen LogP contribution < -0.4 is 9.47 Å². The van der Waals surface area contributed by atoms with E-state index < -0.39 is 5.97 Å². The Balaban J connectivity index is 2.10. The number of benzene rings is 1. The second-order valence-corrected chi connectivity index (χ2v) is 5.35. The number of hydrogen-bond donors (Lipinski definition) is 1. The molecule has 1 saturated carbocycles. The lowest BCUT2D eigenvalue weighted by Crippen LogP contribution is -2.15. The molecule has 0 amide bonds. The number of ether oxygens (including phenoxy) is 2. The van der Waals surface area contributed by atoms with Crippen molar-refractivity contribution in [1.82, 2.24) is 0 Å². The highest BCUT2D eigenvalue weighted by molar-refractivity contribution is 6.32. The molecule has 1 fully saturated rings. The van der Waals surface area contributed by atoms with Crippen molar-refractivity contribution in [1.29, 1.82) is 0 Å². The van der Waals surface area contributed by atoms with Gasteiger partial charge in [0.05, 0.1) is 6.42 Å². The number of carboxylic acid groups (broad SMARTS) is 1. The van der Waals surface area contributed by atoms with Gasteiger partial charge in [0.15, 0.2) is 11.5 Å². The molecule has 5 heteroatoms. The molecule has 1 aromatic carbocycles. The Morgan fingerprint density at radius 3 is 2.83 bits per heavy atom. The summed E-state index contributed by atoms with van der Waals surface area (Å²) in [6.45, 7) is 2.11. The third-order valence-electron chi connectivity index (χ3n) is 3.73. The van der Waals surface area contributed by atoms with Crippen LogP contribution in [-0.4, -0.2) is 17.9 Å². The van der Waals surface area contributed by atoms with Gasteiger partial charge in [-0.3, -0.25) is 4.79 Å². The van der Waals surface area contributed by atoms with Crippen molar-refractivity contribution in [2.45, 2.75) is 31.6 Å². The topological polar surface area (TPSA) is 55.8 Å². The molecule has 0 bridgehead atoms. The van der Waals surface area contributed by atoms with Gasteiger partial charge in [-0.2, -0.15) is 0 Å². The van der Waals surface area contributed by atoms with E-state index in [0.717, 1.165) is 24.0 Å². The number of carboxylic acids is 1. The molecule has 1 N–H and O–H groups in total. The van der Waals surface area contributed by atoms with Gasteiger partial charge in [-0.05, 0) is 25.3 Å². The van der Waals surface area contributed by atoms with Gasteiger partial charge in [-0.15, -0.1) is 0 Å². The smallest absolute Gasteiger partial charge is 0.304 e. The van der Waals surface area contributed by atoms with E-state index in [0.29, 0.717) is 16.5 Å². The maximum Gasteiger partial charge on any atom is 0.304 e. The van der Waals surface area contributed by atoms with Gasteiger partial charge >= 0.3 is 5.97 Å². The number of hydrogen-bond acceptors (Lipinski definition) is 3. The van der Waals surface area contributed by atoms with Crippen LogP contribution in [0.1, 0.15) is 30.4 Å². The lowest BCUT2D eigenvalue weighted by atomic mass is 9.88. The Morgan fingerprint density at radius 1 is 1.50 bits per heavy atom. The van der Waals surface area contributed by atoms with Crippen LogP contribution in [0, 0.1) is 6.92 Å². The first-order valence-corrected chi connectivity index (χ1v) is 6.22. The van der Waals surface area contributed by atoms with Crippen LogP contribution in [0.25, 0.3) is 0 Å². The summed E-state index contributed by atoms with van der Waals surface area (Å²) in [5.74, 6) is 0.555. The summed E-state index contributed by atoms with van der Waals surface area (Å²) in [7, 11) is 0. The molecule has 3 rings (SSSR count). The molecule has 0 atom stereocenters. The molecule has 0 radical (unpaired) electrons. The molecule has 4 nitrogen and oxygen atoms in total. The van der Waals surface area contributed by atoms with Crippen LogP contribution >= 0.6 is 11.6 Å². The van der Waals surface area contributed by atoms with Gasteiger partial charge in [-0.1, -0.05) is 11.6 Å². The highest BCUT2D eigenvalue weighted by atomic mass is 35.5. The lowest BCUT2D eigenvalue weighted by molar-refractivity contribution is -0.137. The van der Waals surface area contributed by atoms with E-state index >= 15 is 0 Å². The maximum absolute atomic E-state index is 11.0. The number of carbonyl (C=O) groups is 1. The van der Waals surface area contributed by atoms with E-state index in [1.54, 1.807) is 6.07 Å². The average molecular weight is 269 g/mol. The summed E-state index contributed by atoms with van der Waals surface area (Å²) in [5, 5.41) is 9.61. The summed E-state index contributed by atoms with van der Waals surface area (Å²) in [4.78, 5) is 11.0. The van der Waals surface area contributed by atoms with Crippen molar-refractivity contribution in [3.8, 4) is 11.5 Å². The van der Waals surface area contributed by atoms with Crippen LogP contribution in [0.5, 0.6) is 11.5 Å². The third-order valence-corrected chi connectivity index (χ3v) is 4.03. The minimum Gasteiger partial charge on any atom is -0.481 e. The van der Waals surface area contributed by atoms with Crippen molar-refractivity contribution in [3.63, 3.8) is 0 Å².